The van der Waals surface area contributed by atoms with Gasteiger partial charge in [-0.2, -0.15) is 0 Å². The number of carbonyl (C=O) groups excluding carboxylic acids is 1. The van der Waals surface area contributed by atoms with Crippen LogP contribution in [0, 0.1) is 0 Å². The second kappa shape index (κ2) is 17.3. The number of aromatic nitrogens is 1. The van der Waals surface area contributed by atoms with Crippen molar-refractivity contribution in [3.63, 3.8) is 0 Å². The zero-order valence-corrected chi connectivity index (χ0v) is 30.5. The number of hydrogen-bond acceptors (Lipinski definition) is 10. The molecule has 1 aromatic heterocycles. The fourth-order valence-corrected chi connectivity index (χ4v) is 7.07. The fraction of sp³-hybridized carbons (Fsp3) is 0.0667. The molecule has 0 amide bonds. The Morgan fingerprint density at radius 1 is 0.625 bits per heavy atom. The van der Waals surface area contributed by atoms with Crippen LogP contribution in [0.2, 0.25) is 0 Å². The molecule has 10 nitrogen and oxygen atoms in total. The van der Waals surface area contributed by atoms with Crippen LogP contribution in [0.1, 0.15) is 51.8 Å². The maximum absolute atomic E-state index is 14.1. The number of phenols is 2. The van der Waals surface area contributed by atoms with E-state index in [2.05, 4.69) is 5.16 Å². The van der Waals surface area contributed by atoms with Crippen LogP contribution in [0.3, 0.4) is 0 Å². The molecular weight excluding hydrogens is 727 g/mol. The third kappa shape index (κ3) is 8.43. The van der Waals surface area contributed by atoms with Gasteiger partial charge in [-0.15, -0.1) is 11.3 Å². The molecule has 3 N–H and O–H groups in total. The lowest BCUT2D eigenvalue weighted by Crippen LogP contribution is -2.25. The number of benzene rings is 6. The van der Waals surface area contributed by atoms with Crippen molar-refractivity contribution in [1.82, 2.24) is 4.98 Å². The first-order valence-electron chi connectivity index (χ1n) is 17.6. The number of phenolic OH excluding ortho intramolecular Hbond substituents is 2. The molecule has 0 aliphatic heterocycles. The van der Waals surface area contributed by atoms with Gasteiger partial charge in [0.1, 0.15) is 5.69 Å². The summed E-state index contributed by atoms with van der Waals surface area (Å²) in [5.41, 5.74) is 3.62. The number of ether oxygens (including phenoxy) is 1. The van der Waals surface area contributed by atoms with Crippen LogP contribution in [0.5, 0.6) is 11.5 Å². The van der Waals surface area contributed by atoms with Crippen LogP contribution >= 0.6 is 11.3 Å². The molecule has 0 spiro atoms. The zero-order valence-electron chi connectivity index (χ0n) is 29.7. The number of carboxylic acid groups (broad SMARTS) is 1. The molecule has 6 aromatic carbocycles. The van der Waals surface area contributed by atoms with Crippen LogP contribution in [0.15, 0.2) is 180 Å². The Morgan fingerprint density at radius 3 is 1.62 bits per heavy atom. The highest BCUT2D eigenvalue weighted by atomic mass is 32.1. The van der Waals surface area contributed by atoms with Crippen LogP contribution < -0.4 is 4.90 Å². The van der Waals surface area contributed by atoms with Gasteiger partial charge in [-0.05, 0) is 46.5 Å². The minimum absolute atomic E-state index is 0.00887. The highest BCUT2D eigenvalue weighted by Gasteiger charge is 2.32. The number of carboxylic acids is 1. The average Bonchev–Trinajstić information content (AvgIpc) is 3.72. The van der Waals surface area contributed by atoms with Crippen molar-refractivity contribution in [3.05, 3.63) is 209 Å². The van der Waals surface area contributed by atoms with E-state index in [0.29, 0.717) is 16.3 Å². The summed E-state index contributed by atoms with van der Waals surface area (Å²) >= 11 is 1.22. The van der Waals surface area contributed by atoms with Gasteiger partial charge in [0.2, 0.25) is 11.8 Å². The average molecular weight is 762 g/mol. The number of esters is 1. The van der Waals surface area contributed by atoms with E-state index in [1.807, 2.05) is 157 Å². The van der Waals surface area contributed by atoms with Crippen LogP contribution in [-0.4, -0.2) is 38.0 Å². The lowest BCUT2D eigenvalue weighted by atomic mass is 9.97. The van der Waals surface area contributed by atoms with E-state index in [-0.39, 0.29) is 17.3 Å². The van der Waals surface area contributed by atoms with Crippen molar-refractivity contribution in [2.24, 2.45) is 5.16 Å². The number of nitrogens with zero attached hydrogens (tertiary/aromatic N) is 3. The molecule has 11 heteroatoms. The molecular formula is C45H35N3O7S. The standard InChI is InChI=1S/C45H35N3O7S/c49-37-27-26-34(28-38(37)50)42(44(53)54-41(32-20-10-3-11-21-32)33-22-12-4-13-23-33)55-47-39(43(51)52)36-29-56-45(46-36)48(35-24-14-5-15-25-35)40(30-16-6-1-7-17-30)31-18-8-2-9-19-31/h1-29,40-42,49-50H,(H,51,52)/t42-/m0/s1. The number of aliphatic carboxylic acids is 1. The van der Waals surface area contributed by atoms with E-state index in [1.165, 1.54) is 23.5 Å². The molecule has 0 aliphatic carbocycles. The molecule has 0 aliphatic rings. The second-order valence-corrected chi connectivity index (χ2v) is 13.4. The van der Waals surface area contributed by atoms with Crippen LogP contribution in [0.4, 0.5) is 10.8 Å². The molecule has 1 heterocycles. The van der Waals surface area contributed by atoms with Crippen LogP contribution in [-0.2, 0) is 19.2 Å². The van der Waals surface area contributed by atoms with Crippen molar-refractivity contribution >= 4 is 39.8 Å². The highest BCUT2D eigenvalue weighted by molar-refractivity contribution is 7.14. The van der Waals surface area contributed by atoms with Gasteiger partial charge in [-0.3, -0.25) is 0 Å². The minimum atomic E-state index is -1.66. The molecule has 7 aromatic rings. The molecule has 1 atom stereocenters. The lowest BCUT2D eigenvalue weighted by molar-refractivity contribution is -0.162. The molecule has 0 radical (unpaired) electrons. The number of carbonyl (C=O) groups is 2. The predicted molar refractivity (Wildman–Crippen MR) is 214 cm³/mol. The second-order valence-electron chi connectivity index (χ2n) is 12.6. The van der Waals surface area contributed by atoms with Gasteiger partial charge in [-0.1, -0.05) is 151 Å². The summed E-state index contributed by atoms with van der Waals surface area (Å²) in [7, 11) is 0. The Balaban J connectivity index is 1.26. The summed E-state index contributed by atoms with van der Waals surface area (Å²) < 4.78 is 6.06. The minimum Gasteiger partial charge on any atom is -0.504 e. The van der Waals surface area contributed by atoms with E-state index in [4.69, 9.17) is 14.6 Å². The number of para-hydroxylation sites is 1. The van der Waals surface area contributed by atoms with E-state index in [9.17, 15) is 24.9 Å². The summed E-state index contributed by atoms with van der Waals surface area (Å²) in [5.74, 6) is -3.33. The third-order valence-electron chi connectivity index (χ3n) is 8.87. The van der Waals surface area contributed by atoms with Crippen molar-refractivity contribution in [2.45, 2.75) is 18.2 Å². The summed E-state index contributed by atoms with van der Waals surface area (Å²) in [6.07, 6.45) is -2.53. The maximum atomic E-state index is 14.1. The molecule has 56 heavy (non-hydrogen) atoms. The van der Waals surface area contributed by atoms with Crippen molar-refractivity contribution in [1.29, 1.82) is 0 Å². The van der Waals surface area contributed by atoms with Gasteiger partial charge in [0.05, 0.1) is 6.04 Å². The SMILES string of the molecule is O=C(O)C(=NO[C@H](C(=O)OC(c1ccccc1)c1ccccc1)c1ccc(O)c(O)c1)c1csc(N(c2ccccc2)C(c2ccccc2)c2ccccc2)n1. The molecule has 7 rings (SSSR count). The van der Waals surface area contributed by atoms with E-state index >= 15 is 0 Å². The van der Waals surface area contributed by atoms with Gasteiger partial charge < -0.3 is 29.8 Å². The lowest BCUT2D eigenvalue weighted by Gasteiger charge is -2.32. The Labute approximate surface area is 326 Å². The monoisotopic (exact) mass is 761 g/mol. The quantitative estimate of drug-likeness (QED) is 0.0428. The number of thiazole rings is 1. The summed E-state index contributed by atoms with van der Waals surface area (Å²) in [6, 6.07) is 51.0. The van der Waals surface area contributed by atoms with Crippen LogP contribution in [0.25, 0.3) is 0 Å². The normalized spacial score (nSPS) is 11.9. The molecule has 0 unspecified atom stereocenters. The van der Waals surface area contributed by atoms with E-state index in [1.54, 1.807) is 5.38 Å². The fourth-order valence-electron chi connectivity index (χ4n) is 6.21. The van der Waals surface area contributed by atoms with E-state index in [0.717, 1.165) is 22.9 Å². The van der Waals surface area contributed by atoms with Gasteiger partial charge >= 0.3 is 11.9 Å². The smallest absolute Gasteiger partial charge is 0.360 e. The number of rotatable bonds is 14. The van der Waals surface area contributed by atoms with Gasteiger partial charge in [0.15, 0.2) is 22.7 Å². The molecule has 0 bridgehead atoms. The number of hydrogen-bond donors (Lipinski definition) is 3. The molecule has 0 saturated heterocycles. The number of aromatic hydroxyl groups is 2. The summed E-state index contributed by atoms with van der Waals surface area (Å²) in [5, 5.41) is 36.9. The first-order valence-corrected chi connectivity index (χ1v) is 18.4. The Kier molecular flexibility index (Phi) is 11.4. The Hall–Kier alpha value is -7.24. The maximum Gasteiger partial charge on any atom is 0.360 e. The summed E-state index contributed by atoms with van der Waals surface area (Å²) in [4.78, 5) is 39.5. The van der Waals surface area contributed by atoms with Crippen molar-refractivity contribution in [2.75, 3.05) is 4.90 Å². The third-order valence-corrected chi connectivity index (χ3v) is 9.71. The van der Waals surface area contributed by atoms with E-state index < -0.39 is 41.4 Å². The number of oxime groups is 1. The molecule has 0 fully saturated rings. The Bertz CT molecular complexity index is 2330. The summed E-state index contributed by atoms with van der Waals surface area (Å²) in [6.45, 7) is 0. The van der Waals surface area contributed by atoms with Crippen molar-refractivity contribution < 1.29 is 34.5 Å². The molecule has 0 saturated carbocycles. The zero-order chi connectivity index (χ0) is 38.9. The van der Waals surface area contributed by atoms with Gasteiger partial charge in [-0.25, -0.2) is 14.6 Å². The highest BCUT2D eigenvalue weighted by Crippen LogP contribution is 2.41. The largest absolute Gasteiger partial charge is 0.504 e. The van der Waals surface area contributed by atoms with Gasteiger partial charge in [0.25, 0.3) is 0 Å². The first kappa shape index (κ1) is 37.1. The Morgan fingerprint density at radius 2 is 1.12 bits per heavy atom. The number of anilines is 2. The molecule has 278 valence electrons. The predicted octanol–water partition coefficient (Wildman–Crippen LogP) is 9.36. The topological polar surface area (TPSA) is 142 Å². The van der Waals surface area contributed by atoms with Crippen molar-refractivity contribution in [3.8, 4) is 11.5 Å². The van der Waals surface area contributed by atoms with Gasteiger partial charge in [0, 0.05) is 16.6 Å². The first-order chi connectivity index (χ1) is 27.4.